The number of anilines is 1. The summed E-state index contributed by atoms with van der Waals surface area (Å²) < 4.78 is 0. The fourth-order valence-electron chi connectivity index (χ4n) is 1.93. The molecule has 1 atom stereocenters. The third kappa shape index (κ3) is 5.88. The molecule has 1 aromatic rings. The van der Waals surface area contributed by atoms with Crippen LogP contribution in [0.3, 0.4) is 0 Å². The van der Waals surface area contributed by atoms with Gasteiger partial charge < -0.3 is 10.4 Å². The van der Waals surface area contributed by atoms with E-state index in [0.29, 0.717) is 12.3 Å². The van der Waals surface area contributed by atoms with E-state index in [4.69, 9.17) is 5.11 Å². The lowest BCUT2D eigenvalue weighted by Gasteiger charge is -2.14. The highest BCUT2D eigenvalue weighted by atomic mass is 32.1. The zero-order valence-corrected chi connectivity index (χ0v) is 13.5. The number of aliphatic hydroxyl groups excluding tert-OH is 1. The number of aliphatic hydroxyl groups is 1. The van der Waals surface area contributed by atoms with Crippen molar-refractivity contribution < 1.29 is 9.90 Å². The number of thiazole rings is 1. The quantitative estimate of drug-likeness (QED) is 0.724. The minimum absolute atomic E-state index is 0.0460. The molecule has 0 radical (unpaired) electrons. The van der Waals surface area contributed by atoms with E-state index in [1.54, 1.807) is 0 Å². The van der Waals surface area contributed by atoms with Gasteiger partial charge in [0.05, 0.1) is 10.7 Å². The van der Waals surface area contributed by atoms with E-state index in [-0.39, 0.29) is 18.7 Å². The number of carbonyl (C=O) groups is 1. The van der Waals surface area contributed by atoms with E-state index in [0.717, 1.165) is 28.5 Å². The summed E-state index contributed by atoms with van der Waals surface area (Å²) in [6.45, 7) is 8.30. The average Bonchev–Trinajstić information content (AvgIpc) is 2.65. The summed E-state index contributed by atoms with van der Waals surface area (Å²) in [7, 11) is 0. The Hall–Kier alpha value is -1.14. The molecule has 6 heteroatoms. The van der Waals surface area contributed by atoms with E-state index >= 15 is 0 Å². The SMILES string of the molecule is Cc1nc(CC(C)C)c(NC(=O)NC(C)CCCO)s1. The van der Waals surface area contributed by atoms with Crippen molar-refractivity contribution in [1.82, 2.24) is 10.3 Å². The lowest BCUT2D eigenvalue weighted by molar-refractivity contribution is 0.245. The maximum atomic E-state index is 11.9. The van der Waals surface area contributed by atoms with Gasteiger partial charge in [-0.25, -0.2) is 9.78 Å². The normalized spacial score (nSPS) is 12.5. The Balaban J connectivity index is 2.57. The van der Waals surface area contributed by atoms with Crippen LogP contribution in [0.4, 0.5) is 9.80 Å². The summed E-state index contributed by atoms with van der Waals surface area (Å²) in [5, 5.41) is 16.3. The molecule has 0 saturated carbocycles. The van der Waals surface area contributed by atoms with E-state index in [9.17, 15) is 4.79 Å². The molecule has 5 nitrogen and oxygen atoms in total. The molecule has 1 unspecified atom stereocenters. The van der Waals surface area contributed by atoms with E-state index in [1.807, 2.05) is 13.8 Å². The summed E-state index contributed by atoms with van der Waals surface area (Å²) in [5.41, 5.74) is 0.959. The standard InChI is InChI=1S/C14H25N3O2S/c1-9(2)8-12-13(20-11(4)16-12)17-14(19)15-10(3)6-5-7-18/h9-10,18H,5-8H2,1-4H3,(H2,15,17,19). The third-order valence-electron chi connectivity index (χ3n) is 2.81. The molecule has 0 saturated heterocycles. The summed E-state index contributed by atoms with van der Waals surface area (Å²) in [4.78, 5) is 16.4. The number of rotatable bonds is 7. The van der Waals surface area contributed by atoms with Gasteiger partial charge >= 0.3 is 6.03 Å². The smallest absolute Gasteiger partial charge is 0.320 e. The number of hydrogen-bond donors (Lipinski definition) is 3. The average molecular weight is 299 g/mol. The molecule has 1 rings (SSSR count). The van der Waals surface area contributed by atoms with E-state index < -0.39 is 0 Å². The highest BCUT2D eigenvalue weighted by molar-refractivity contribution is 7.16. The van der Waals surface area contributed by atoms with Gasteiger partial charge in [-0.05, 0) is 39.0 Å². The number of amides is 2. The summed E-state index contributed by atoms with van der Waals surface area (Å²) in [6.07, 6.45) is 2.32. The first kappa shape index (κ1) is 16.9. The van der Waals surface area contributed by atoms with Gasteiger partial charge in [0.25, 0.3) is 0 Å². The second-order valence-electron chi connectivity index (χ2n) is 5.47. The first-order chi connectivity index (χ1) is 9.42. The van der Waals surface area contributed by atoms with E-state index in [2.05, 4.69) is 29.5 Å². The molecule has 1 heterocycles. The highest BCUT2D eigenvalue weighted by Crippen LogP contribution is 2.26. The second-order valence-corrected chi connectivity index (χ2v) is 6.68. The van der Waals surface area contributed by atoms with Crippen LogP contribution in [0, 0.1) is 12.8 Å². The Morgan fingerprint density at radius 3 is 2.70 bits per heavy atom. The predicted molar refractivity (Wildman–Crippen MR) is 83.3 cm³/mol. The molecule has 0 bridgehead atoms. The van der Waals surface area contributed by atoms with Crippen LogP contribution in [0.1, 0.15) is 44.3 Å². The molecule has 3 N–H and O–H groups in total. The van der Waals surface area contributed by atoms with Crippen LogP contribution in [0.2, 0.25) is 0 Å². The molecular weight excluding hydrogens is 274 g/mol. The largest absolute Gasteiger partial charge is 0.396 e. The van der Waals surface area contributed by atoms with Crippen molar-refractivity contribution >= 4 is 22.4 Å². The number of hydrogen-bond acceptors (Lipinski definition) is 4. The van der Waals surface area contributed by atoms with Crippen molar-refractivity contribution in [2.45, 2.75) is 53.0 Å². The van der Waals surface area contributed by atoms with Gasteiger partial charge in [-0.15, -0.1) is 11.3 Å². The second kappa shape index (κ2) is 8.21. The fraction of sp³-hybridized carbons (Fsp3) is 0.714. The van der Waals surface area contributed by atoms with Crippen molar-refractivity contribution in [3.8, 4) is 0 Å². The van der Waals surface area contributed by atoms with Crippen LogP contribution in [0.25, 0.3) is 0 Å². The Bertz CT molecular complexity index is 432. The Labute approximate surface area is 124 Å². The molecule has 20 heavy (non-hydrogen) atoms. The van der Waals surface area contributed by atoms with Gasteiger partial charge in [0.2, 0.25) is 0 Å². The molecule has 0 aromatic carbocycles. The molecule has 0 aliphatic rings. The molecule has 2 amide bonds. The lowest BCUT2D eigenvalue weighted by atomic mass is 10.1. The Morgan fingerprint density at radius 2 is 2.10 bits per heavy atom. The number of carbonyl (C=O) groups excluding carboxylic acids is 1. The molecule has 114 valence electrons. The maximum Gasteiger partial charge on any atom is 0.320 e. The van der Waals surface area contributed by atoms with Crippen LogP contribution < -0.4 is 10.6 Å². The van der Waals surface area contributed by atoms with E-state index in [1.165, 1.54) is 11.3 Å². The van der Waals surface area contributed by atoms with Gasteiger partial charge in [-0.2, -0.15) is 0 Å². The van der Waals surface area contributed by atoms with Crippen molar-refractivity contribution in [3.63, 3.8) is 0 Å². The monoisotopic (exact) mass is 299 g/mol. The molecular formula is C14H25N3O2S. The maximum absolute atomic E-state index is 11.9. The number of aryl methyl sites for hydroxylation is 1. The first-order valence-corrected chi connectivity index (χ1v) is 7.88. The molecule has 0 aliphatic carbocycles. The summed E-state index contributed by atoms with van der Waals surface area (Å²) in [6, 6.07) is -0.159. The minimum atomic E-state index is -0.205. The number of aromatic nitrogens is 1. The fourth-order valence-corrected chi connectivity index (χ4v) is 2.77. The zero-order chi connectivity index (χ0) is 15.1. The van der Waals surface area contributed by atoms with Gasteiger partial charge in [-0.3, -0.25) is 5.32 Å². The predicted octanol–water partition coefficient (Wildman–Crippen LogP) is 2.93. The molecule has 1 aromatic heterocycles. The minimum Gasteiger partial charge on any atom is -0.396 e. The lowest BCUT2D eigenvalue weighted by Crippen LogP contribution is -2.36. The summed E-state index contributed by atoms with van der Waals surface area (Å²) >= 11 is 1.51. The van der Waals surface area contributed by atoms with Crippen molar-refractivity contribution in [2.24, 2.45) is 5.92 Å². The Kier molecular flexibility index (Phi) is 6.95. The summed E-state index contributed by atoms with van der Waals surface area (Å²) in [5.74, 6) is 0.503. The first-order valence-electron chi connectivity index (χ1n) is 7.07. The Morgan fingerprint density at radius 1 is 1.40 bits per heavy atom. The topological polar surface area (TPSA) is 74.2 Å². The van der Waals surface area contributed by atoms with Crippen molar-refractivity contribution in [1.29, 1.82) is 0 Å². The van der Waals surface area contributed by atoms with Crippen LogP contribution in [-0.4, -0.2) is 28.8 Å². The number of nitrogens with zero attached hydrogens (tertiary/aromatic N) is 1. The number of urea groups is 1. The van der Waals surface area contributed by atoms with Crippen LogP contribution >= 0.6 is 11.3 Å². The van der Waals surface area contributed by atoms with Crippen molar-refractivity contribution in [3.05, 3.63) is 10.7 Å². The van der Waals surface area contributed by atoms with Gasteiger partial charge in [0, 0.05) is 12.6 Å². The van der Waals surface area contributed by atoms with Gasteiger partial charge in [0.15, 0.2) is 0 Å². The highest BCUT2D eigenvalue weighted by Gasteiger charge is 2.14. The number of nitrogens with one attached hydrogen (secondary N) is 2. The van der Waals surface area contributed by atoms with Crippen LogP contribution in [0.15, 0.2) is 0 Å². The zero-order valence-electron chi connectivity index (χ0n) is 12.7. The van der Waals surface area contributed by atoms with Crippen LogP contribution in [-0.2, 0) is 6.42 Å². The molecule has 0 fully saturated rings. The molecule has 0 aliphatic heterocycles. The van der Waals surface area contributed by atoms with Crippen molar-refractivity contribution in [2.75, 3.05) is 11.9 Å². The molecule has 0 spiro atoms. The third-order valence-corrected chi connectivity index (χ3v) is 3.73. The van der Waals surface area contributed by atoms with Gasteiger partial charge in [0.1, 0.15) is 5.00 Å². The van der Waals surface area contributed by atoms with Gasteiger partial charge in [-0.1, -0.05) is 13.8 Å². The van der Waals surface area contributed by atoms with Crippen LogP contribution in [0.5, 0.6) is 0 Å².